The molecule has 0 radical (unpaired) electrons. The lowest BCUT2D eigenvalue weighted by Gasteiger charge is -2.05. The second-order valence-electron chi connectivity index (χ2n) is 4.09. The molecule has 1 heterocycles. The molecule has 0 unspecified atom stereocenters. The number of fused-ring (bicyclic) bond motifs is 1. The third-order valence-corrected chi connectivity index (χ3v) is 2.79. The fourth-order valence-corrected chi connectivity index (χ4v) is 2.00. The Morgan fingerprint density at radius 3 is 2.72 bits per heavy atom. The Balaban J connectivity index is 2.57. The van der Waals surface area contributed by atoms with Crippen molar-refractivity contribution in [2.45, 2.75) is 32.7 Å². The molecular formula is C13H13F2N3. The number of imidazole rings is 1. The molecule has 1 aromatic heterocycles. The average molecular weight is 249 g/mol. The van der Waals surface area contributed by atoms with E-state index in [4.69, 9.17) is 5.26 Å². The van der Waals surface area contributed by atoms with Crippen molar-refractivity contribution in [3.05, 3.63) is 29.6 Å². The van der Waals surface area contributed by atoms with Crippen LogP contribution in [0.25, 0.3) is 11.0 Å². The van der Waals surface area contributed by atoms with E-state index in [0.717, 1.165) is 30.8 Å². The molecule has 0 saturated carbocycles. The number of halogens is 2. The number of nitrogens with zero attached hydrogens (tertiary/aromatic N) is 3. The van der Waals surface area contributed by atoms with E-state index in [1.165, 1.54) is 0 Å². The van der Waals surface area contributed by atoms with Crippen LogP contribution in [0.2, 0.25) is 0 Å². The maximum Gasteiger partial charge on any atom is 0.161 e. The normalized spacial score (nSPS) is 10.8. The highest BCUT2D eigenvalue weighted by Crippen LogP contribution is 2.21. The first-order valence-corrected chi connectivity index (χ1v) is 5.88. The van der Waals surface area contributed by atoms with E-state index >= 15 is 0 Å². The topological polar surface area (TPSA) is 41.6 Å². The minimum atomic E-state index is -0.893. The standard InChI is InChI=1S/C13H13F2N3/c1-2-4-13-17-11-7-9(14)10(15)8-12(11)18(13)6-3-5-16/h7-8H,2-4,6H2,1H3. The summed E-state index contributed by atoms with van der Waals surface area (Å²) >= 11 is 0. The van der Waals surface area contributed by atoms with E-state index in [1.54, 1.807) is 4.57 Å². The van der Waals surface area contributed by atoms with Gasteiger partial charge in [0.1, 0.15) is 5.82 Å². The van der Waals surface area contributed by atoms with Crippen molar-refractivity contribution in [1.82, 2.24) is 9.55 Å². The van der Waals surface area contributed by atoms with Crippen molar-refractivity contribution in [2.75, 3.05) is 0 Å². The maximum absolute atomic E-state index is 13.3. The summed E-state index contributed by atoms with van der Waals surface area (Å²) in [5, 5.41) is 8.64. The van der Waals surface area contributed by atoms with Crippen LogP contribution in [0.1, 0.15) is 25.6 Å². The summed E-state index contributed by atoms with van der Waals surface area (Å²) in [5.74, 6) is -1.01. The van der Waals surface area contributed by atoms with Crippen molar-refractivity contribution in [3.8, 4) is 6.07 Å². The number of nitriles is 1. The zero-order chi connectivity index (χ0) is 13.1. The van der Waals surface area contributed by atoms with Gasteiger partial charge < -0.3 is 4.57 Å². The zero-order valence-corrected chi connectivity index (χ0v) is 10.1. The van der Waals surface area contributed by atoms with Gasteiger partial charge in [0.15, 0.2) is 11.6 Å². The molecule has 2 rings (SSSR count). The highest BCUT2D eigenvalue weighted by molar-refractivity contribution is 5.76. The summed E-state index contributed by atoms with van der Waals surface area (Å²) < 4.78 is 28.2. The number of benzene rings is 1. The van der Waals surface area contributed by atoms with Gasteiger partial charge in [0, 0.05) is 25.1 Å². The van der Waals surface area contributed by atoms with E-state index in [0.29, 0.717) is 24.0 Å². The van der Waals surface area contributed by atoms with Gasteiger partial charge in [0.05, 0.1) is 23.5 Å². The molecule has 0 fully saturated rings. The SMILES string of the molecule is CCCc1nc2cc(F)c(F)cc2n1CCC#N. The number of hydrogen-bond donors (Lipinski definition) is 0. The maximum atomic E-state index is 13.3. The fourth-order valence-electron chi connectivity index (χ4n) is 2.00. The number of aromatic nitrogens is 2. The third kappa shape index (κ3) is 2.19. The Morgan fingerprint density at radius 2 is 2.06 bits per heavy atom. The zero-order valence-electron chi connectivity index (χ0n) is 10.1. The van der Waals surface area contributed by atoms with Crippen molar-refractivity contribution < 1.29 is 8.78 Å². The van der Waals surface area contributed by atoms with Gasteiger partial charge in [0.25, 0.3) is 0 Å². The van der Waals surface area contributed by atoms with E-state index in [-0.39, 0.29) is 0 Å². The molecular weight excluding hydrogens is 236 g/mol. The monoisotopic (exact) mass is 249 g/mol. The van der Waals surface area contributed by atoms with Crippen molar-refractivity contribution >= 4 is 11.0 Å². The highest BCUT2D eigenvalue weighted by Gasteiger charge is 2.13. The lowest BCUT2D eigenvalue weighted by molar-refractivity contribution is 0.510. The lowest BCUT2D eigenvalue weighted by Crippen LogP contribution is -2.03. The minimum absolute atomic E-state index is 0.321. The predicted octanol–water partition coefficient (Wildman–Crippen LogP) is 3.18. The van der Waals surface area contributed by atoms with Crippen LogP contribution in [0.5, 0.6) is 0 Å². The van der Waals surface area contributed by atoms with Crippen molar-refractivity contribution in [1.29, 1.82) is 5.26 Å². The first kappa shape index (κ1) is 12.5. The first-order valence-electron chi connectivity index (χ1n) is 5.88. The molecule has 0 aliphatic rings. The van der Waals surface area contributed by atoms with Gasteiger partial charge in [-0.1, -0.05) is 6.92 Å². The Kier molecular flexibility index (Phi) is 3.56. The van der Waals surface area contributed by atoms with Crippen molar-refractivity contribution in [3.63, 3.8) is 0 Å². The summed E-state index contributed by atoms with van der Waals surface area (Å²) in [4.78, 5) is 4.30. The number of rotatable bonds is 4. The Morgan fingerprint density at radius 1 is 1.33 bits per heavy atom. The highest BCUT2D eigenvalue weighted by atomic mass is 19.2. The molecule has 0 amide bonds. The molecule has 18 heavy (non-hydrogen) atoms. The third-order valence-electron chi connectivity index (χ3n) is 2.79. The molecule has 0 atom stereocenters. The van der Waals surface area contributed by atoms with Gasteiger partial charge >= 0.3 is 0 Å². The molecule has 5 heteroatoms. The van der Waals surface area contributed by atoms with Gasteiger partial charge in [-0.05, 0) is 6.42 Å². The average Bonchev–Trinajstić information content (AvgIpc) is 2.65. The van der Waals surface area contributed by atoms with Crippen LogP contribution in [-0.2, 0) is 13.0 Å². The molecule has 94 valence electrons. The predicted molar refractivity (Wildman–Crippen MR) is 63.9 cm³/mol. The smallest absolute Gasteiger partial charge is 0.161 e. The number of hydrogen-bond acceptors (Lipinski definition) is 2. The van der Waals surface area contributed by atoms with Crippen LogP contribution >= 0.6 is 0 Å². The lowest BCUT2D eigenvalue weighted by atomic mass is 10.3. The second kappa shape index (κ2) is 5.13. The van der Waals surface area contributed by atoms with Crippen molar-refractivity contribution in [2.24, 2.45) is 0 Å². The summed E-state index contributed by atoms with van der Waals surface area (Å²) in [6, 6.07) is 4.30. The molecule has 0 spiro atoms. The van der Waals surface area contributed by atoms with Crippen LogP contribution in [0.3, 0.4) is 0 Å². The fraction of sp³-hybridized carbons (Fsp3) is 0.385. The molecule has 0 aliphatic heterocycles. The van der Waals surface area contributed by atoms with Gasteiger partial charge in [-0.2, -0.15) is 5.26 Å². The second-order valence-corrected chi connectivity index (χ2v) is 4.09. The van der Waals surface area contributed by atoms with Crippen LogP contribution in [0, 0.1) is 23.0 Å². The van der Waals surface area contributed by atoms with E-state index < -0.39 is 11.6 Å². The largest absolute Gasteiger partial charge is 0.327 e. The van der Waals surface area contributed by atoms with Crippen LogP contribution in [-0.4, -0.2) is 9.55 Å². The van der Waals surface area contributed by atoms with Gasteiger partial charge in [0.2, 0.25) is 0 Å². The van der Waals surface area contributed by atoms with Gasteiger partial charge in [-0.3, -0.25) is 0 Å². The van der Waals surface area contributed by atoms with Crippen LogP contribution in [0.4, 0.5) is 8.78 Å². The van der Waals surface area contributed by atoms with Gasteiger partial charge in [-0.15, -0.1) is 0 Å². The molecule has 0 saturated heterocycles. The molecule has 1 aromatic carbocycles. The van der Waals surface area contributed by atoms with Gasteiger partial charge in [-0.25, -0.2) is 13.8 Å². The number of aryl methyl sites for hydroxylation is 2. The summed E-state index contributed by atoms with van der Waals surface area (Å²) in [6.45, 7) is 2.46. The van der Waals surface area contributed by atoms with Crippen LogP contribution < -0.4 is 0 Å². The molecule has 2 aromatic rings. The molecule has 0 bridgehead atoms. The Hall–Kier alpha value is -1.96. The van der Waals surface area contributed by atoms with E-state index in [9.17, 15) is 8.78 Å². The quantitative estimate of drug-likeness (QED) is 0.835. The summed E-state index contributed by atoms with van der Waals surface area (Å²) in [5.41, 5.74) is 0.989. The minimum Gasteiger partial charge on any atom is -0.327 e. The first-order chi connectivity index (χ1) is 8.67. The molecule has 3 nitrogen and oxygen atoms in total. The summed E-state index contributed by atoms with van der Waals surface area (Å²) in [7, 11) is 0. The van der Waals surface area contributed by atoms with Crippen LogP contribution in [0.15, 0.2) is 12.1 Å². The Labute approximate surface area is 104 Å². The summed E-state index contributed by atoms with van der Waals surface area (Å²) in [6.07, 6.45) is 1.94. The molecule has 0 aliphatic carbocycles. The van der Waals surface area contributed by atoms with E-state index in [1.807, 2.05) is 13.0 Å². The molecule has 0 N–H and O–H groups in total. The van der Waals surface area contributed by atoms with E-state index in [2.05, 4.69) is 4.98 Å². The Bertz CT molecular complexity index is 611.